The van der Waals surface area contributed by atoms with Crippen molar-refractivity contribution in [3.8, 4) is 5.75 Å². The molecule has 0 spiro atoms. The summed E-state index contributed by atoms with van der Waals surface area (Å²) in [6.07, 6.45) is 6.27. The van der Waals surface area contributed by atoms with Crippen LogP contribution in [0.15, 0.2) is 36.4 Å². The van der Waals surface area contributed by atoms with Crippen LogP contribution < -0.4 is 4.74 Å². The fourth-order valence-electron chi connectivity index (χ4n) is 5.97. The minimum absolute atomic E-state index is 0.00870. The molecule has 1 aliphatic rings. The lowest BCUT2D eigenvalue weighted by atomic mass is 9.87. The van der Waals surface area contributed by atoms with Crippen LogP contribution in [0.1, 0.15) is 89.1 Å². The van der Waals surface area contributed by atoms with Gasteiger partial charge in [-0.25, -0.2) is 18.0 Å². The maximum atomic E-state index is 15.8. The summed E-state index contributed by atoms with van der Waals surface area (Å²) in [6.45, 7) is 7.99. The molecule has 2 heterocycles. The standard InChI is InChI=1S/C34H45F3N2O4/c1-5-42-30(40)21-41-16-12-8-6-7-9-13-17-43-24-19-27(35)31(28(36)20-24)33-32-26(25-14-10-11-15-29(25)38-32)18-23(2)39(33)22-34(3,4)37/h10-11,14-15,19-20,23,33,38H,5-9,12-13,16-18,21-22H2,1-4H3/t23-,33-/m1/s1. The number of fused-ring (bicyclic) bond motifs is 3. The van der Waals surface area contributed by atoms with Crippen LogP contribution in [0.5, 0.6) is 5.75 Å². The first kappa shape index (κ1) is 32.9. The highest BCUT2D eigenvalue weighted by Crippen LogP contribution is 2.43. The molecule has 1 aliphatic heterocycles. The monoisotopic (exact) mass is 602 g/mol. The number of halogens is 3. The van der Waals surface area contributed by atoms with Crippen molar-refractivity contribution in [2.75, 3.05) is 33.0 Å². The maximum absolute atomic E-state index is 15.8. The normalized spacial score (nSPS) is 17.3. The molecule has 2 aromatic carbocycles. The summed E-state index contributed by atoms with van der Waals surface area (Å²) in [4.78, 5) is 16.5. The molecule has 9 heteroatoms. The fourth-order valence-corrected chi connectivity index (χ4v) is 5.97. The second kappa shape index (κ2) is 15.1. The van der Waals surface area contributed by atoms with Crippen molar-refractivity contribution in [1.29, 1.82) is 0 Å². The molecule has 0 fully saturated rings. The molecule has 0 saturated carbocycles. The van der Waals surface area contributed by atoms with Gasteiger partial charge in [-0.05, 0) is 58.6 Å². The maximum Gasteiger partial charge on any atom is 0.332 e. The molecular weight excluding hydrogens is 557 g/mol. The van der Waals surface area contributed by atoms with Gasteiger partial charge in [-0.3, -0.25) is 4.90 Å². The number of H-pyrrole nitrogens is 1. The Hall–Kier alpha value is -3.04. The highest BCUT2D eigenvalue weighted by molar-refractivity contribution is 5.85. The summed E-state index contributed by atoms with van der Waals surface area (Å²) in [7, 11) is 0. The summed E-state index contributed by atoms with van der Waals surface area (Å²) in [5, 5.41) is 1.02. The number of nitrogens with zero attached hydrogens (tertiary/aromatic N) is 1. The Kier molecular flexibility index (Phi) is 11.5. The summed E-state index contributed by atoms with van der Waals surface area (Å²) in [6, 6.07) is 9.39. The first-order valence-electron chi connectivity index (χ1n) is 15.5. The fraction of sp³-hybridized carbons (Fsp3) is 0.559. The Balaban J connectivity index is 1.35. The van der Waals surface area contributed by atoms with Crippen molar-refractivity contribution in [3.63, 3.8) is 0 Å². The van der Waals surface area contributed by atoms with Crippen LogP contribution in [-0.2, 0) is 20.7 Å². The number of carbonyl (C=O) groups excluding carboxylic acids is 1. The average Bonchev–Trinajstić information content (AvgIpc) is 3.30. The Morgan fingerprint density at radius 2 is 1.67 bits per heavy atom. The molecule has 6 nitrogen and oxygen atoms in total. The van der Waals surface area contributed by atoms with E-state index < -0.39 is 23.3 Å². The minimum atomic E-state index is -1.55. The number of alkyl halides is 1. The van der Waals surface area contributed by atoms with Gasteiger partial charge in [-0.1, -0.05) is 43.9 Å². The van der Waals surface area contributed by atoms with Gasteiger partial charge in [0.2, 0.25) is 0 Å². The highest BCUT2D eigenvalue weighted by Gasteiger charge is 2.41. The lowest BCUT2D eigenvalue weighted by molar-refractivity contribution is -0.148. The predicted molar refractivity (Wildman–Crippen MR) is 162 cm³/mol. The topological polar surface area (TPSA) is 63.8 Å². The van der Waals surface area contributed by atoms with Crippen LogP contribution >= 0.6 is 0 Å². The lowest BCUT2D eigenvalue weighted by Crippen LogP contribution is -2.48. The summed E-state index contributed by atoms with van der Waals surface area (Å²) < 4.78 is 62.4. The van der Waals surface area contributed by atoms with Crippen LogP contribution in [0.3, 0.4) is 0 Å². The Morgan fingerprint density at radius 3 is 2.35 bits per heavy atom. The molecule has 2 atom stereocenters. The number of esters is 1. The number of para-hydroxylation sites is 1. The van der Waals surface area contributed by atoms with Crippen molar-refractivity contribution >= 4 is 16.9 Å². The zero-order valence-corrected chi connectivity index (χ0v) is 25.8. The largest absolute Gasteiger partial charge is 0.493 e. The van der Waals surface area contributed by atoms with Gasteiger partial charge in [0.05, 0.1) is 19.3 Å². The van der Waals surface area contributed by atoms with E-state index in [-0.39, 0.29) is 36.5 Å². The van der Waals surface area contributed by atoms with Crippen molar-refractivity contribution in [1.82, 2.24) is 9.88 Å². The molecule has 3 aromatic rings. The van der Waals surface area contributed by atoms with Gasteiger partial charge in [0.15, 0.2) is 0 Å². The van der Waals surface area contributed by atoms with Crippen LogP contribution in [0.25, 0.3) is 10.9 Å². The third-order valence-corrected chi connectivity index (χ3v) is 7.88. The Labute approximate surface area is 252 Å². The average molecular weight is 603 g/mol. The van der Waals surface area contributed by atoms with Crippen molar-refractivity contribution in [3.05, 3.63) is 64.9 Å². The summed E-state index contributed by atoms with van der Waals surface area (Å²) >= 11 is 0. The van der Waals surface area contributed by atoms with E-state index in [1.807, 2.05) is 36.1 Å². The van der Waals surface area contributed by atoms with E-state index in [2.05, 4.69) is 4.98 Å². The number of nitrogens with one attached hydrogen (secondary N) is 1. The predicted octanol–water partition coefficient (Wildman–Crippen LogP) is 7.83. The second-order valence-corrected chi connectivity index (χ2v) is 12.0. The Morgan fingerprint density at radius 1 is 1.02 bits per heavy atom. The van der Waals surface area contributed by atoms with Crippen molar-refractivity contribution < 1.29 is 32.2 Å². The molecule has 0 amide bonds. The van der Waals surface area contributed by atoms with E-state index in [0.29, 0.717) is 31.9 Å². The molecule has 0 unspecified atom stereocenters. The van der Waals surface area contributed by atoms with Crippen LogP contribution in [0.2, 0.25) is 0 Å². The molecule has 1 aromatic heterocycles. The third kappa shape index (κ3) is 8.76. The first-order valence-corrected chi connectivity index (χ1v) is 15.5. The van der Waals surface area contributed by atoms with Gasteiger partial charge in [0.25, 0.3) is 0 Å². The van der Waals surface area contributed by atoms with E-state index in [9.17, 15) is 9.18 Å². The molecule has 0 bridgehead atoms. The Bertz CT molecular complexity index is 1330. The summed E-state index contributed by atoms with van der Waals surface area (Å²) in [5.74, 6) is -1.60. The van der Waals surface area contributed by atoms with Crippen LogP contribution in [-0.4, -0.2) is 60.5 Å². The van der Waals surface area contributed by atoms with E-state index in [4.69, 9.17) is 14.2 Å². The number of rotatable bonds is 16. The molecule has 4 rings (SSSR count). The first-order chi connectivity index (χ1) is 20.6. The molecule has 236 valence electrons. The smallest absolute Gasteiger partial charge is 0.332 e. The van der Waals surface area contributed by atoms with Crippen molar-refractivity contribution in [2.45, 2.75) is 90.4 Å². The van der Waals surface area contributed by atoms with Gasteiger partial charge in [0.1, 0.15) is 29.7 Å². The third-order valence-electron chi connectivity index (χ3n) is 7.88. The summed E-state index contributed by atoms with van der Waals surface area (Å²) in [5.41, 5.74) is 0.977. The van der Waals surface area contributed by atoms with E-state index >= 15 is 8.78 Å². The molecule has 0 aliphatic carbocycles. The molecule has 1 N–H and O–H groups in total. The van der Waals surface area contributed by atoms with Gasteiger partial charge in [-0.15, -0.1) is 0 Å². The van der Waals surface area contributed by atoms with E-state index in [1.165, 1.54) is 26.0 Å². The van der Waals surface area contributed by atoms with Crippen LogP contribution in [0, 0.1) is 11.6 Å². The number of carbonyl (C=O) groups is 1. The van der Waals surface area contributed by atoms with E-state index in [1.54, 1.807) is 6.92 Å². The van der Waals surface area contributed by atoms with Gasteiger partial charge >= 0.3 is 5.97 Å². The quantitative estimate of drug-likeness (QED) is 0.134. The molecular formula is C34H45F3N2O4. The molecule has 43 heavy (non-hydrogen) atoms. The SMILES string of the molecule is CCOC(=O)COCCCCCCCCOc1cc(F)c([C@@H]2c3[nH]c4ccccc4c3C[C@@H](C)N2CC(C)(C)F)c(F)c1. The zero-order valence-electron chi connectivity index (χ0n) is 25.8. The number of ether oxygens (including phenoxy) is 3. The van der Waals surface area contributed by atoms with Gasteiger partial charge in [-0.2, -0.15) is 0 Å². The lowest BCUT2D eigenvalue weighted by Gasteiger charge is -2.43. The molecule has 0 saturated heterocycles. The van der Waals surface area contributed by atoms with Gasteiger partial charge in [0, 0.05) is 53.5 Å². The molecule has 0 radical (unpaired) electrons. The number of aromatic nitrogens is 1. The zero-order chi connectivity index (χ0) is 31.0. The van der Waals surface area contributed by atoms with Crippen molar-refractivity contribution in [2.24, 2.45) is 0 Å². The van der Waals surface area contributed by atoms with Gasteiger partial charge < -0.3 is 19.2 Å². The van der Waals surface area contributed by atoms with E-state index in [0.717, 1.165) is 55.0 Å². The number of hydrogen-bond acceptors (Lipinski definition) is 5. The second-order valence-electron chi connectivity index (χ2n) is 12.0. The van der Waals surface area contributed by atoms with Crippen LogP contribution in [0.4, 0.5) is 13.2 Å². The minimum Gasteiger partial charge on any atom is -0.493 e. The number of hydrogen-bond donors (Lipinski definition) is 1. The number of unbranched alkanes of at least 4 members (excludes halogenated alkanes) is 5. The number of aromatic amines is 1. The highest BCUT2D eigenvalue weighted by atomic mass is 19.1. The number of benzene rings is 2.